The molecule has 0 spiro atoms. The number of aryl methyl sites for hydroxylation is 1. The van der Waals surface area contributed by atoms with Gasteiger partial charge in [0.2, 0.25) is 0 Å². The fourth-order valence-electron chi connectivity index (χ4n) is 3.40. The maximum Gasteiger partial charge on any atom is 0.338 e. The van der Waals surface area contributed by atoms with E-state index in [9.17, 15) is 4.79 Å². The number of nitrogens with one attached hydrogen (secondary N) is 1. The summed E-state index contributed by atoms with van der Waals surface area (Å²) in [6.07, 6.45) is 2.05. The lowest BCUT2D eigenvalue weighted by molar-refractivity contribution is 0.00696. The van der Waals surface area contributed by atoms with E-state index in [2.05, 4.69) is 24.4 Å². The molecule has 0 amide bonds. The smallest absolute Gasteiger partial charge is 0.338 e. The SMILES string of the molecule is CCCc1cc(Cl)ccc1C1CNc2cc(C(=O)OC(C)(C)C)ccc2OC1. The predicted molar refractivity (Wildman–Crippen MR) is 114 cm³/mol. The lowest BCUT2D eigenvalue weighted by atomic mass is 9.92. The van der Waals surface area contributed by atoms with E-state index in [0.717, 1.165) is 35.8 Å². The van der Waals surface area contributed by atoms with Gasteiger partial charge in [-0.3, -0.25) is 0 Å². The quantitative estimate of drug-likeness (QED) is 0.654. The number of anilines is 1. The van der Waals surface area contributed by atoms with Gasteiger partial charge < -0.3 is 14.8 Å². The highest BCUT2D eigenvalue weighted by Crippen LogP contribution is 2.33. The Morgan fingerprint density at radius 1 is 1.25 bits per heavy atom. The lowest BCUT2D eigenvalue weighted by Gasteiger charge is -2.20. The highest BCUT2D eigenvalue weighted by atomic mass is 35.5. The number of carbonyl (C=O) groups is 1. The normalized spacial score (nSPS) is 16.4. The Bertz CT molecular complexity index is 857. The van der Waals surface area contributed by atoms with Crippen molar-refractivity contribution in [3.05, 3.63) is 58.1 Å². The van der Waals surface area contributed by atoms with Crippen LogP contribution in [0.25, 0.3) is 0 Å². The number of fused-ring (bicyclic) bond motifs is 1. The van der Waals surface area contributed by atoms with Crippen LogP contribution in [0.5, 0.6) is 5.75 Å². The van der Waals surface area contributed by atoms with E-state index in [1.807, 2.05) is 32.9 Å². The zero-order chi connectivity index (χ0) is 20.3. The fourth-order valence-corrected chi connectivity index (χ4v) is 3.59. The van der Waals surface area contributed by atoms with Gasteiger partial charge in [0.1, 0.15) is 11.4 Å². The Hall–Kier alpha value is -2.20. The van der Waals surface area contributed by atoms with Crippen molar-refractivity contribution in [2.45, 2.75) is 52.1 Å². The van der Waals surface area contributed by atoms with Crippen LogP contribution >= 0.6 is 11.6 Å². The zero-order valence-corrected chi connectivity index (χ0v) is 17.7. The van der Waals surface area contributed by atoms with Gasteiger partial charge in [-0.25, -0.2) is 4.79 Å². The van der Waals surface area contributed by atoms with Crippen LogP contribution in [0, 0.1) is 0 Å². The molecule has 1 N–H and O–H groups in total. The van der Waals surface area contributed by atoms with Crippen molar-refractivity contribution in [3.63, 3.8) is 0 Å². The molecule has 2 aromatic carbocycles. The number of carbonyl (C=O) groups excluding carboxylic acids is 1. The average molecular weight is 402 g/mol. The van der Waals surface area contributed by atoms with E-state index in [1.165, 1.54) is 11.1 Å². The number of benzene rings is 2. The molecule has 5 heteroatoms. The number of hydrogen-bond donors (Lipinski definition) is 1. The summed E-state index contributed by atoms with van der Waals surface area (Å²) in [5.41, 5.74) is 3.34. The molecule has 28 heavy (non-hydrogen) atoms. The molecule has 0 bridgehead atoms. The maximum absolute atomic E-state index is 12.4. The van der Waals surface area contributed by atoms with Crippen LogP contribution in [0.1, 0.15) is 61.5 Å². The van der Waals surface area contributed by atoms with Crippen molar-refractivity contribution in [1.82, 2.24) is 0 Å². The molecule has 150 valence electrons. The van der Waals surface area contributed by atoms with Crippen molar-refractivity contribution in [3.8, 4) is 5.75 Å². The monoisotopic (exact) mass is 401 g/mol. The highest BCUT2D eigenvalue weighted by Gasteiger charge is 2.23. The van der Waals surface area contributed by atoms with Gasteiger partial charge in [-0.2, -0.15) is 0 Å². The summed E-state index contributed by atoms with van der Waals surface area (Å²) in [5.74, 6) is 0.623. The molecule has 0 saturated carbocycles. The number of halogens is 1. The minimum Gasteiger partial charge on any atom is -0.491 e. The first-order valence-corrected chi connectivity index (χ1v) is 10.2. The highest BCUT2D eigenvalue weighted by molar-refractivity contribution is 6.30. The first-order valence-electron chi connectivity index (χ1n) is 9.79. The number of rotatable bonds is 4. The molecular weight excluding hydrogens is 374 g/mol. The summed E-state index contributed by atoms with van der Waals surface area (Å²) in [6.45, 7) is 9.05. The average Bonchev–Trinajstić information content (AvgIpc) is 2.83. The van der Waals surface area contributed by atoms with Gasteiger partial charge in [-0.15, -0.1) is 0 Å². The molecule has 2 aromatic rings. The second-order valence-electron chi connectivity index (χ2n) is 8.19. The molecule has 1 aliphatic rings. The number of ether oxygens (including phenoxy) is 2. The Labute approximate surface area is 172 Å². The molecular formula is C23H28ClNO3. The molecule has 1 aliphatic heterocycles. The minimum absolute atomic E-state index is 0.205. The van der Waals surface area contributed by atoms with Gasteiger partial charge in [0.05, 0.1) is 17.9 Å². The third kappa shape index (κ3) is 4.99. The summed E-state index contributed by atoms with van der Waals surface area (Å²) in [5, 5.41) is 4.21. The molecule has 4 nitrogen and oxygen atoms in total. The largest absolute Gasteiger partial charge is 0.491 e. The Balaban J connectivity index is 1.79. The standard InChI is InChI=1S/C23H28ClNO3/c1-5-6-15-11-18(24)8-9-19(15)17-13-25-20-12-16(7-10-21(20)27-14-17)22(26)28-23(2,3)4/h7-12,17,25H,5-6,13-14H2,1-4H3. The van der Waals surface area contributed by atoms with Crippen LogP contribution in [-0.2, 0) is 11.2 Å². The van der Waals surface area contributed by atoms with E-state index < -0.39 is 5.60 Å². The summed E-state index contributed by atoms with van der Waals surface area (Å²) in [7, 11) is 0. The summed E-state index contributed by atoms with van der Waals surface area (Å²) in [4.78, 5) is 12.4. The molecule has 1 unspecified atom stereocenters. The Kier molecular flexibility index (Phi) is 6.19. The Morgan fingerprint density at radius 3 is 2.75 bits per heavy atom. The first-order chi connectivity index (χ1) is 13.3. The predicted octanol–water partition coefficient (Wildman–Crippen LogP) is 5.84. The topological polar surface area (TPSA) is 47.6 Å². The molecule has 3 rings (SSSR count). The van der Waals surface area contributed by atoms with Crippen molar-refractivity contribution in [2.75, 3.05) is 18.5 Å². The molecule has 0 aromatic heterocycles. The third-order valence-electron chi connectivity index (χ3n) is 4.66. The van der Waals surface area contributed by atoms with E-state index in [1.54, 1.807) is 12.1 Å². The van der Waals surface area contributed by atoms with Gasteiger partial charge in [-0.1, -0.05) is 31.0 Å². The van der Waals surface area contributed by atoms with Gasteiger partial charge in [0.15, 0.2) is 0 Å². The molecule has 0 radical (unpaired) electrons. The van der Waals surface area contributed by atoms with E-state index >= 15 is 0 Å². The second kappa shape index (κ2) is 8.44. The van der Waals surface area contributed by atoms with Crippen LogP contribution in [0.15, 0.2) is 36.4 Å². The van der Waals surface area contributed by atoms with Gasteiger partial charge in [0, 0.05) is 17.5 Å². The van der Waals surface area contributed by atoms with Gasteiger partial charge in [0.25, 0.3) is 0 Å². The van der Waals surface area contributed by atoms with Gasteiger partial charge >= 0.3 is 5.97 Å². The molecule has 1 atom stereocenters. The number of hydrogen-bond acceptors (Lipinski definition) is 4. The molecule has 0 saturated heterocycles. The van der Waals surface area contributed by atoms with Crippen LogP contribution in [0.3, 0.4) is 0 Å². The minimum atomic E-state index is -0.525. The summed E-state index contributed by atoms with van der Waals surface area (Å²) in [6, 6.07) is 11.5. The van der Waals surface area contributed by atoms with Crippen LogP contribution in [-0.4, -0.2) is 24.7 Å². The zero-order valence-electron chi connectivity index (χ0n) is 17.0. The fraction of sp³-hybridized carbons (Fsp3) is 0.435. The van der Waals surface area contributed by atoms with Crippen molar-refractivity contribution in [2.24, 2.45) is 0 Å². The van der Waals surface area contributed by atoms with Gasteiger partial charge in [-0.05, 0) is 68.7 Å². The van der Waals surface area contributed by atoms with E-state index in [0.29, 0.717) is 12.2 Å². The van der Waals surface area contributed by atoms with E-state index in [-0.39, 0.29) is 11.9 Å². The lowest BCUT2D eigenvalue weighted by Crippen LogP contribution is -2.23. The number of esters is 1. The summed E-state index contributed by atoms with van der Waals surface area (Å²) >= 11 is 6.20. The Morgan fingerprint density at radius 2 is 2.04 bits per heavy atom. The van der Waals surface area contributed by atoms with Crippen molar-refractivity contribution >= 4 is 23.3 Å². The van der Waals surface area contributed by atoms with Crippen molar-refractivity contribution in [1.29, 1.82) is 0 Å². The maximum atomic E-state index is 12.4. The molecule has 0 fully saturated rings. The molecule has 0 aliphatic carbocycles. The summed E-state index contributed by atoms with van der Waals surface area (Å²) < 4.78 is 11.5. The molecule has 1 heterocycles. The van der Waals surface area contributed by atoms with Crippen LogP contribution < -0.4 is 10.1 Å². The van der Waals surface area contributed by atoms with Crippen LogP contribution in [0.2, 0.25) is 5.02 Å². The van der Waals surface area contributed by atoms with Crippen molar-refractivity contribution < 1.29 is 14.3 Å². The van der Waals surface area contributed by atoms with E-state index in [4.69, 9.17) is 21.1 Å². The second-order valence-corrected chi connectivity index (χ2v) is 8.63. The van der Waals surface area contributed by atoms with Crippen LogP contribution in [0.4, 0.5) is 5.69 Å². The first kappa shape index (κ1) is 20.5. The third-order valence-corrected chi connectivity index (χ3v) is 4.89.